The third-order valence-corrected chi connectivity index (χ3v) is 4.66. The second-order valence-corrected chi connectivity index (χ2v) is 7.31. The molecule has 2 rings (SSSR count). The van der Waals surface area contributed by atoms with E-state index in [-0.39, 0.29) is 17.8 Å². The molecule has 0 saturated heterocycles. The van der Waals surface area contributed by atoms with E-state index in [1.165, 1.54) is 23.8 Å². The monoisotopic (exact) mass is 464 g/mol. The highest BCUT2D eigenvalue weighted by Gasteiger charge is 2.31. The van der Waals surface area contributed by atoms with Gasteiger partial charge in [-0.25, -0.2) is 9.48 Å². The van der Waals surface area contributed by atoms with Crippen LogP contribution in [0.3, 0.4) is 0 Å². The van der Waals surface area contributed by atoms with Gasteiger partial charge < -0.3 is 10.1 Å². The van der Waals surface area contributed by atoms with Gasteiger partial charge in [-0.3, -0.25) is 9.36 Å². The molecule has 154 valence electrons. The molecule has 28 heavy (non-hydrogen) atoms. The van der Waals surface area contributed by atoms with Crippen LogP contribution in [-0.4, -0.2) is 34.0 Å². The number of benzene rings is 1. The summed E-state index contributed by atoms with van der Waals surface area (Å²) in [5.74, 6) is -0.504. The van der Waals surface area contributed by atoms with E-state index in [2.05, 4.69) is 26.3 Å². The summed E-state index contributed by atoms with van der Waals surface area (Å²) in [6.07, 6.45) is -4.43. The largest absolute Gasteiger partial charge is 0.416 e. The second-order valence-electron chi connectivity index (χ2n) is 6.60. The van der Waals surface area contributed by atoms with Gasteiger partial charge >= 0.3 is 11.9 Å². The minimum absolute atomic E-state index is 0.268. The third kappa shape index (κ3) is 5.22. The fourth-order valence-corrected chi connectivity index (χ4v) is 3.08. The number of ether oxygens (including phenoxy) is 1. The summed E-state index contributed by atoms with van der Waals surface area (Å²) in [6, 6.07) is 4.54. The summed E-state index contributed by atoms with van der Waals surface area (Å²) in [7, 11) is 1.50. The average Bonchev–Trinajstić information content (AvgIpc) is 2.85. The van der Waals surface area contributed by atoms with Crippen molar-refractivity contribution < 1.29 is 22.7 Å². The number of halogens is 4. The highest BCUT2D eigenvalue weighted by molar-refractivity contribution is 9.10. The number of methoxy groups -OCH3 is 1. The van der Waals surface area contributed by atoms with Gasteiger partial charge in [0.2, 0.25) is 10.6 Å². The molecule has 0 bridgehead atoms. The molecular formula is C17H20BrF3N4O3. The number of nitrogens with one attached hydrogen (secondary N) is 1. The van der Waals surface area contributed by atoms with E-state index in [0.29, 0.717) is 12.2 Å². The summed E-state index contributed by atoms with van der Waals surface area (Å²) in [5, 5.41) is 6.70. The predicted molar refractivity (Wildman–Crippen MR) is 98.7 cm³/mol. The summed E-state index contributed by atoms with van der Waals surface area (Å²) < 4.78 is 45.6. The molecule has 0 radical (unpaired) electrons. The fourth-order valence-electron chi connectivity index (χ4n) is 2.56. The molecule has 0 spiro atoms. The van der Waals surface area contributed by atoms with Gasteiger partial charge in [0.1, 0.15) is 6.54 Å². The van der Waals surface area contributed by atoms with Crippen molar-refractivity contribution in [1.29, 1.82) is 0 Å². The van der Waals surface area contributed by atoms with Crippen molar-refractivity contribution in [2.24, 2.45) is 0 Å². The third-order valence-electron chi connectivity index (χ3n) is 4.08. The van der Waals surface area contributed by atoms with Crippen LogP contribution in [0.25, 0.3) is 0 Å². The summed E-state index contributed by atoms with van der Waals surface area (Å²) in [5.41, 5.74) is -1.70. The van der Waals surface area contributed by atoms with Gasteiger partial charge in [0, 0.05) is 7.11 Å². The van der Waals surface area contributed by atoms with Crippen molar-refractivity contribution >= 4 is 21.8 Å². The van der Waals surface area contributed by atoms with Gasteiger partial charge in [0.05, 0.1) is 24.3 Å². The van der Waals surface area contributed by atoms with E-state index in [1.807, 2.05) is 0 Å². The van der Waals surface area contributed by atoms with Gasteiger partial charge in [-0.2, -0.15) is 13.2 Å². The zero-order valence-corrected chi connectivity index (χ0v) is 17.1. The maximum absolute atomic E-state index is 12.7. The lowest BCUT2D eigenvalue weighted by Crippen LogP contribution is -2.44. The molecular weight excluding hydrogens is 445 g/mol. The number of carbonyl (C=O) groups excluding carboxylic acids is 1. The topological polar surface area (TPSA) is 78.2 Å². The Labute approximate surface area is 167 Å². The SMILES string of the molecule is COCCn1c(Br)nn(CC(=O)NC(C)(C)c2ccc(C(F)(F)F)cc2)c1=O. The quantitative estimate of drug-likeness (QED) is 0.682. The van der Waals surface area contributed by atoms with Gasteiger partial charge in [0.25, 0.3) is 0 Å². The van der Waals surface area contributed by atoms with Crippen LogP contribution in [0.1, 0.15) is 25.0 Å². The first kappa shape index (κ1) is 22.2. The van der Waals surface area contributed by atoms with Crippen molar-refractivity contribution in [3.63, 3.8) is 0 Å². The first-order chi connectivity index (χ1) is 13.0. The Hall–Kier alpha value is -2.14. The van der Waals surface area contributed by atoms with Crippen LogP contribution in [0.4, 0.5) is 13.2 Å². The standard InChI is InChI=1S/C17H20BrF3N4O3/c1-16(2,11-4-6-12(7-5-11)17(19,20)21)22-13(26)10-25-15(27)24(8-9-28-3)14(18)23-25/h4-7H,8-10H2,1-3H3,(H,22,26). The summed E-state index contributed by atoms with van der Waals surface area (Å²) in [6.45, 7) is 3.56. The van der Waals surface area contributed by atoms with E-state index in [1.54, 1.807) is 13.8 Å². The van der Waals surface area contributed by atoms with Crippen LogP contribution in [0.15, 0.2) is 33.8 Å². The number of carbonyl (C=O) groups is 1. The molecule has 7 nitrogen and oxygen atoms in total. The van der Waals surface area contributed by atoms with Crippen LogP contribution in [0.5, 0.6) is 0 Å². The zero-order valence-electron chi connectivity index (χ0n) is 15.5. The van der Waals surface area contributed by atoms with Crippen LogP contribution >= 0.6 is 15.9 Å². The Balaban J connectivity index is 2.11. The molecule has 0 unspecified atom stereocenters. The molecule has 1 N–H and O–H groups in total. The van der Waals surface area contributed by atoms with E-state index in [4.69, 9.17) is 4.74 Å². The lowest BCUT2D eigenvalue weighted by molar-refractivity contribution is -0.137. The lowest BCUT2D eigenvalue weighted by atomic mass is 9.93. The minimum Gasteiger partial charge on any atom is -0.383 e. The number of hydrogen-bond donors (Lipinski definition) is 1. The number of nitrogens with zero attached hydrogens (tertiary/aromatic N) is 3. The molecule has 0 aliphatic carbocycles. The predicted octanol–water partition coefficient (Wildman–Crippen LogP) is 2.52. The molecule has 1 heterocycles. The van der Waals surface area contributed by atoms with Gasteiger partial charge in [-0.05, 0) is 47.5 Å². The highest BCUT2D eigenvalue weighted by atomic mass is 79.9. The Morgan fingerprint density at radius 2 is 1.79 bits per heavy atom. The molecule has 1 aromatic heterocycles. The van der Waals surface area contributed by atoms with Crippen LogP contribution < -0.4 is 11.0 Å². The Morgan fingerprint density at radius 3 is 2.32 bits per heavy atom. The smallest absolute Gasteiger partial charge is 0.383 e. The van der Waals surface area contributed by atoms with E-state index in [0.717, 1.165) is 16.8 Å². The van der Waals surface area contributed by atoms with E-state index < -0.39 is 28.9 Å². The maximum Gasteiger partial charge on any atom is 0.416 e. The molecule has 0 fully saturated rings. The van der Waals surface area contributed by atoms with Gasteiger partial charge in [-0.15, -0.1) is 5.10 Å². The van der Waals surface area contributed by atoms with Gasteiger partial charge in [-0.1, -0.05) is 12.1 Å². The molecule has 0 aliphatic heterocycles. The Bertz CT molecular complexity index is 889. The number of hydrogen-bond acceptors (Lipinski definition) is 4. The lowest BCUT2D eigenvalue weighted by Gasteiger charge is -2.27. The Kier molecular flexibility index (Phi) is 6.71. The van der Waals surface area contributed by atoms with Crippen LogP contribution in [0.2, 0.25) is 0 Å². The summed E-state index contributed by atoms with van der Waals surface area (Å²) in [4.78, 5) is 24.7. The number of aromatic nitrogens is 3. The number of rotatable bonds is 7. The minimum atomic E-state index is -4.43. The van der Waals surface area contributed by atoms with E-state index in [9.17, 15) is 22.8 Å². The fraction of sp³-hybridized carbons (Fsp3) is 0.471. The molecule has 1 amide bonds. The molecule has 0 aliphatic rings. The second kappa shape index (κ2) is 8.48. The summed E-state index contributed by atoms with van der Waals surface area (Å²) >= 11 is 3.16. The molecule has 0 saturated carbocycles. The normalized spacial score (nSPS) is 12.2. The van der Waals surface area contributed by atoms with Gasteiger partial charge in [0.15, 0.2) is 0 Å². The van der Waals surface area contributed by atoms with Crippen molar-refractivity contribution in [1.82, 2.24) is 19.7 Å². The molecule has 1 aromatic carbocycles. The van der Waals surface area contributed by atoms with Crippen molar-refractivity contribution in [2.45, 2.75) is 38.7 Å². The van der Waals surface area contributed by atoms with Crippen molar-refractivity contribution in [2.75, 3.05) is 13.7 Å². The maximum atomic E-state index is 12.7. The number of alkyl halides is 3. The van der Waals surface area contributed by atoms with Crippen LogP contribution in [0, 0.1) is 0 Å². The van der Waals surface area contributed by atoms with Crippen molar-refractivity contribution in [3.8, 4) is 0 Å². The highest BCUT2D eigenvalue weighted by Crippen LogP contribution is 2.30. The zero-order chi connectivity index (χ0) is 21.1. The van der Waals surface area contributed by atoms with Crippen LogP contribution in [-0.2, 0) is 34.3 Å². The van der Waals surface area contributed by atoms with Crippen molar-refractivity contribution in [3.05, 3.63) is 50.6 Å². The molecule has 2 aromatic rings. The van der Waals surface area contributed by atoms with E-state index >= 15 is 0 Å². The molecule has 11 heteroatoms. The average molecular weight is 465 g/mol. The molecule has 0 atom stereocenters. The number of amides is 1. The Morgan fingerprint density at radius 1 is 1.21 bits per heavy atom. The first-order valence-electron chi connectivity index (χ1n) is 8.26. The first-order valence-corrected chi connectivity index (χ1v) is 9.06.